The number of rotatable bonds is 6. The third-order valence-electron chi connectivity index (χ3n) is 10.4. The number of anilines is 3. The lowest BCUT2D eigenvalue weighted by atomic mass is 9.81. The zero-order valence-corrected chi connectivity index (χ0v) is 29.6. The molecule has 0 saturated heterocycles. The highest BCUT2D eigenvalue weighted by molar-refractivity contribution is 5.89. The molecule has 0 heterocycles. The summed E-state index contributed by atoms with van der Waals surface area (Å²) in [7, 11) is 0. The molecule has 0 amide bonds. The molecule has 0 bridgehead atoms. The Morgan fingerprint density at radius 2 is 0.900 bits per heavy atom. The van der Waals surface area contributed by atoms with Gasteiger partial charge in [0.2, 0.25) is 0 Å². The van der Waals surface area contributed by atoms with Crippen LogP contribution in [-0.4, -0.2) is 0 Å². The molecule has 50 heavy (non-hydrogen) atoms. The van der Waals surface area contributed by atoms with E-state index >= 15 is 0 Å². The third-order valence-corrected chi connectivity index (χ3v) is 10.4. The van der Waals surface area contributed by atoms with E-state index in [1.54, 1.807) is 0 Å². The fraction of sp³-hybridized carbons (Fsp3) is 0.143. The number of nitrogens with zero attached hydrogens (tertiary/aromatic N) is 1. The van der Waals surface area contributed by atoms with Crippen LogP contribution in [0.3, 0.4) is 0 Å². The zero-order valence-electron chi connectivity index (χ0n) is 29.6. The standard InChI is InChI=1S/C49H43N/c1-48(2,3)46-32-37(41-21-13-12-20-40(41)36-18-10-7-11-19-36)26-31-47(46)50(38-27-24-35(25-28-38)34-16-8-6-9-17-34)39-29-30-43-42-22-14-15-23-44(42)49(4,5)45(43)33-39/h6-33H,1-5H3. The van der Waals surface area contributed by atoms with Gasteiger partial charge in [0.1, 0.15) is 0 Å². The molecule has 1 aliphatic carbocycles. The Hall–Kier alpha value is -5.66. The van der Waals surface area contributed by atoms with Gasteiger partial charge in [0, 0.05) is 22.5 Å². The highest BCUT2D eigenvalue weighted by Crippen LogP contribution is 2.51. The van der Waals surface area contributed by atoms with Crippen LogP contribution >= 0.6 is 0 Å². The van der Waals surface area contributed by atoms with Crippen LogP contribution < -0.4 is 4.90 Å². The molecular formula is C49H43N. The Bertz CT molecular complexity index is 2310. The van der Waals surface area contributed by atoms with Gasteiger partial charge in [0.05, 0.1) is 0 Å². The summed E-state index contributed by atoms with van der Waals surface area (Å²) in [4.78, 5) is 2.47. The quantitative estimate of drug-likeness (QED) is 0.174. The molecule has 0 aromatic heterocycles. The maximum absolute atomic E-state index is 2.47. The Morgan fingerprint density at radius 3 is 1.56 bits per heavy atom. The summed E-state index contributed by atoms with van der Waals surface area (Å²) in [6, 6.07) is 62.3. The SMILES string of the molecule is CC(C)(C)c1cc(-c2ccccc2-c2ccccc2)ccc1N(c1ccc(-c2ccccc2)cc1)c1ccc2c(c1)C(C)(C)c1ccccc1-2. The molecule has 0 radical (unpaired) electrons. The molecule has 8 rings (SSSR count). The van der Waals surface area contributed by atoms with Gasteiger partial charge in [-0.05, 0) is 103 Å². The molecule has 0 atom stereocenters. The lowest BCUT2D eigenvalue weighted by Crippen LogP contribution is -2.20. The second kappa shape index (κ2) is 12.3. The Labute approximate surface area is 297 Å². The van der Waals surface area contributed by atoms with Crippen LogP contribution in [0.15, 0.2) is 170 Å². The molecule has 244 valence electrons. The minimum Gasteiger partial charge on any atom is -0.310 e. The average Bonchev–Trinajstić information content (AvgIpc) is 3.38. The summed E-state index contributed by atoms with van der Waals surface area (Å²) in [6.07, 6.45) is 0. The minimum atomic E-state index is -0.124. The third kappa shape index (κ3) is 5.53. The van der Waals surface area contributed by atoms with E-state index in [-0.39, 0.29) is 10.8 Å². The van der Waals surface area contributed by atoms with Gasteiger partial charge in [-0.2, -0.15) is 0 Å². The lowest BCUT2D eigenvalue weighted by Gasteiger charge is -2.33. The van der Waals surface area contributed by atoms with Crippen LogP contribution in [0.1, 0.15) is 51.3 Å². The number of hydrogen-bond donors (Lipinski definition) is 0. The van der Waals surface area contributed by atoms with Crippen LogP contribution in [0.5, 0.6) is 0 Å². The van der Waals surface area contributed by atoms with Crippen molar-refractivity contribution in [1.82, 2.24) is 0 Å². The van der Waals surface area contributed by atoms with Gasteiger partial charge in [-0.15, -0.1) is 0 Å². The molecule has 7 aromatic rings. The summed E-state index contributed by atoms with van der Waals surface area (Å²) >= 11 is 0. The highest BCUT2D eigenvalue weighted by Gasteiger charge is 2.36. The normalized spacial score (nSPS) is 13.1. The average molecular weight is 646 g/mol. The monoisotopic (exact) mass is 645 g/mol. The van der Waals surface area contributed by atoms with Gasteiger partial charge in [0.15, 0.2) is 0 Å². The van der Waals surface area contributed by atoms with Crippen molar-refractivity contribution >= 4 is 17.1 Å². The summed E-state index contributed by atoms with van der Waals surface area (Å²) in [5, 5.41) is 0. The zero-order chi connectivity index (χ0) is 34.5. The maximum Gasteiger partial charge on any atom is 0.0499 e. The van der Waals surface area contributed by atoms with E-state index in [4.69, 9.17) is 0 Å². The van der Waals surface area contributed by atoms with Gasteiger partial charge in [-0.3, -0.25) is 0 Å². The Morgan fingerprint density at radius 1 is 0.400 bits per heavy atom. The minimum absolute atomic E-state index is 0.0946. The molecule has 0 N–H and O–H groups in total. The first kappa shape index (κ1) is 31.6. The molecule has 0 spiro atoms. The summed E-state index contributed by atoms with van der Waals surface area (Å²) in [5.74, 6) is 0. The smallest absolute Gasteiger partial charge is 0.0499 e. The summed E-state index contributed by atoms with van der Waals surface area (Å²) in [5.41, 5.74) is 17.4. The predicted molar refractivity (Wildman–Crippen MR) is 214 cm³/mol. The van der Waals surface area contributed by atoms with Gasteiger partial charge >= 0.3 is 0 Å². The highest BCUT2D eigenvalue weighted by atomic mass is 15.1. The lowest BCUT2D eigenvalue weighted by molar-refractivity contribution is 0.591. The second-order valence-corrected chi connectivity index (χ2v) is 15.0. The molecule has 0 unspecified atom stereocenters. The van der Waals surface area contributed by atoms with Crippen molar-refractivity contribution in [2.45, 2.75) is 45.4 Å². The van der Waals surface area contributed by atoms with Crippen LogP contribution in [0.4, 0.5) is 17.1 Å². The van der Waals surface area contributed by atoms with Crippen LogP contribution in [-0.2, 0) is 10.8 Å². The fourth-order valence-electron chi connectivity index (χ4n) is 7.80. The largest absolute Gasteiger partial charge is 0.310 e. The molecule has 0 saturated carbocycles. The van der Waals surface area contributed by atoms with E-state index in [0.29, 0.717) is 0 Å². The van der Waals surface area contributed by atoms with E-state index in [1.165, 1.54) is 72.6 Å². The van der Waals surface area contributed by atoms with E-state index < -0.39 is 0 Å². The van der Waals surface area contributed by atoms with Crippen molar-refractivity contribution in [1.29, 1.82) is 0 Å². The van der Waals surface area contributed by atoms with Crippen LogP contribution in [0.25, 0.3) is 44.5 Å². The topological polar surface area (TPSA) is 3.24 Å². The van der Waals surface area contributed by atoms with E-state index in [0.717, 1.165) is 5.69 Å². The number of fused-ring (bicyclic) bond motifs is 3. The predicted octanol–water partition coefficient (Wildman–Crippen LogP) is 13.8. The van der Waals surface area contributed by atoms with Crippen molar-refractivity contribution < 1.29 is 0 Å². The van der Waals surface area contributed by atoms with Crippen LogP contribution in [0, 0.1) is 0 Å². The first-order chi connectivity index (χ1) is 24.2. The van der Waals surface area contributed by atoms with Gasteiger partial charge in [-0.25, -0.2) is 0 Å². The fourth-order valence-corrected chi connectivity index (χ4v) is 7.80. The second-order valence-electron chi connectivity index (χ2n) is 15.0. The van der Waals surface area contributed by atoms with Crippen molar-refractivity contribution in [2.24, 2.45) is 0 Å². The molecular weight excluding hydrogens is 603 g/mol. The van der Waals surface area contributed by atoms with Crippen molar-refractivity contribution in [3.63, 3.8) is 0 Å². The number of benzene rings is 7. The molecule has 1 nitrogen and oxygen atoms in total. The summed E-state index contributed by atoms with van der Waals surface area (Å²) < 4.78 is 0. The van der Waals surface area contributed by atoms with E-state index in [1.807, 2.05) is 0 Å². The van der Waals surface area contributed by atoms with Crippen LogP contribution in [0.2, 0.25) is 0 Å². The van der Waals surface area contributed by atoms with Gasteiger partial charge < -0.3 is 4.90 Å². The first-order valence-electron chi connectivity index (χ1n) is 17.7. The molecule has 7 aromatic carbocycles. The summed E-state index contributed by atoms with van der Waals surface area (Å²) in [6.45, 7) is 11.7. The molecule has 1 heteroatoms. The van der Waals surface area contributed by atoms with E-state index in [9.17, 15) is 0 Å². The molecule has 0 aliphatic heterocycles. The van der Waals surface area contributed by atoms with Gasteiger partial charge in [0.25, 0.3) is 0 Å². The number of hydrogen-bond acceptors (Lipinski definition) is 1. The first-order valence-corrected chi connectivity index (χ1v) is 17.7. The van der Waals surface area contributed by atoms with Crippen molar-refractivity contribution in [2.75, 3.05) is 4.90 Å². The maximum atomic E-state index is 2.47. The van der Waals surface area contributed by atoms with Gasteiger partial charge in [-0.1, -0.05) is 168 Å². The molecule has 0 fully saturated rings. The van der Waals surface area contributed by atoms with Crippen molar-refractivity contribution in [3.05, 3.63) is 187 Å². The van der Waals surface area contributed by atoms with E-state index in [2.05, 4.69) is 209 Å². The Balaban J connectivity index is 1.32. The van der Waals surface area contributed by atoms with Crippen molar-refractivity contribution in [3.8, 4) is 44.5 Å². The Kier molecular flexibility index (Phi) is 7.80. The molecule has 1 aliphatic rings.